The number of carbonyl (C=O) groups excluding carboxylic acids is 1. The van der Waals surface area contributed by atoms with Crippen molar-refractivity contribution in [2.24, 2.45) is 5.92 Å². The van der Waals surface area contributed by atoms with Gasteiger partial charge in [-0.1, -0.05) is 42.5 Å². The minimum atomic E-state index is -1.08. The van der Waals surface area contributed by atoms with E-state index >= 15 is 0 Å². The van der Waals surface area contributed by atoms with E-state index in [1.54, 1.807) is 30.3 Å². The molecule has 3 fully saturated rings. The molecule has 3 aliphatic heterocycles. The van der Waals surface area contributed by atoms with Crippen LogP contribution in [0.3, 0.4) is 0 Å². The average molecular weight is 526 g/mol. The van der Waals surface area contributed by atoms with Crippen molar-refractivity contribution in [1.29, 1.82) is 0 Å². The first kappa shape index (κ1) is 25.5. The second kappa shape index (κ2) is 11.1. The summed E-state index contributed by atoms with van der Waals surface area (Å²) in [6, 6.07) is 21.4. The normalized spacial score (nSPS) is 23.4. The van der Waals surface area contributed by atoms with E-state index in [4.69, 9.17) is 4.74 Å². The van der Waals surface area contributed by atoms with Crippen molar-refractivity contribution in [1.82, 2.24) is 0 Å². The van der Waals surface area contributed by atoms with E-state index in [1.165, 1.54) is 23.1 Å². The smallest absolute Gasteiger partial charge is 0.415 e. The van der Waals surface area contributed by atoms with Crippen LogP contribution in [-0.4, -0.2) is 52.8 Å². The summed E-state index contributed by atoms with van der Waals surface area (Å²) in [5.74, 6) is -0.0844. The molecule has 3 aromatic rings. The molecule has 0 radical (unpaired) electrons. The van der Waals surface area contributed by atoms with Crippen LogP contribution in [0.1, 0.15) is 18.4 Å². The molecule has 0 aromatic heterocycles. The number of quaternary nitrogens is 1. The van der Waals surface area contributed by atoms with Gasteiger partial charge in [-0.15, -0.1) is 0 Å². The second-order valence-electron chi connectivity index (χ2n) is 9.98. The molecule has 2 bridgehead atoms. The van der Waals surface area contributed by atoms with Gasteiger partial charge >= 0.3 is 6.09 Å². The monoisotopic (exact) mass is 525 g/mol. The number of rotatable bonds is 8. The van der Waals surface area contributed by atoms with E-state index in [2.05, 4.69) is 0 Å². The van der Waals surface area contributed by atoms with Crippen molar-refractivity contribution in [3.8, 4) is 0 Å². The van der Waals surface area contributed by atoms with E-state index in [9.17, 15) is 17.8 Å². The lowest BCUT2D eigenvalue weighted by Gasteiger charge is -2.52. The van der Waals surface area contributed by atoms with E-state index < -0.39 is 22.7 Å². The van der Waals surface area contributed by atoms with Gasteiger partial charge in [-0.3, -0.25) is 9.11 Å². The van der Waals surface area contributed by atoms with E-state index in [1.807, 2.05) is 30.3 Å². The average Bonchev–Trinajstić information content (AvgIpc) is 2.93. The highest BCUT2D eigenvalue weighted by Gasteiger charge is 2.48. The Morgan fingerprint density at radius 3 is 2.32 bits per heavy atom. The highest BCUT2D eigenvalue weighted by molar-refractivity contribution is 7.85. The predicted molar refractivity (Wildman–Crippen MR) is 139 cm³/mol. The van der Waals surface area contributed by atoms with Crippen LogP contribution in [0.4, 0.5) is 19.3 Å². The van der Waals surface area contributed by atoms with Gasteiger partial charge in [0.05, 0.1) is 48.4 Å². The molecule has 0 saturated carbocycles. The van der Waals surface area contributed by atoms with Crippen molar-refractivity contribution in [3.05, 3.63) is 96.1 Å². The van der Waals surface area contributed by atoms with Gasteiger partial charge in [0.15, 0.2) is 6.10 Å². The van der Waals surface area contributed by atoms with Gasteiger partial charge in [0, 0.05) is 23.7 Å². The number of nitrogens with zero attached hydrogens (tertiary/aromatic N) is 2. The number of carbonyl (C=O) groups is 1. The molecule has 0 N–H and O–H groups in total. The summed E-state index contributed by atoms with van der Waals surface area (Å²) in [5.41, 5.74) is 0.794. The first-order valence-electron chi connectivity index (χ1n) is 12.7. The molecule has 1 amide bonds. The Balaban J connectivity index is 1.29. The van der Waals surface area contributed by atoms with Gasteiger partial charge in [-0.2, -0.15) is 0 Å². The minimum absolute atomic E-state index is 0.0630. The minimum Gasteiger partial charge on any atom is -0.440 e. The molecule has 2 unspecified atom stereocenters. The van der Waals surface area contributed by atoms with Gasteiger partial charge in [0.2, 0.25) is 0 Å². The number of para-hydroxylation sites is 1. The van der Waals surface area contributed by atoms with Gasteiger partial charge in [-0.05, 0) is 42.0 Å². The molecule has 5 nitrogen and oxygen atoms in total. The van der Waals surface area contributed by atoms with Crippen molar-refractivity contribution < 1.29 is 27.0 Å². The number of benzene rings is 3. The number of hydrogen-bond acceptors (Lipinski definition) is 3. The lowest BCUT2D eigenvalue weighted by molar-refractivity contribution is -0.944. The fraction of sp³-hybridized carbons (Fsp3) is 0.345. The third-order valence-corrected chi connectivity index (χ3v) is 9.02. The van der Waals surface area contributed by atoms with Gasteiger partial charge in [-0.25, -0.2) is 13.6 Å². The van der Waals surface area contributed by atoms with Gasteiger partial charge < -0.3 is 9.22 Å². The van der Waals surface area contributed by atoms with Crippen LogP contribution in [0.15, 0.2) is 83.8 Å². The summed E-state index contributed by atoms with van der Waals surface area (Å²) in [6.45, 7) is 3.46. The molecular weight excluding hydrogens is 494 g/mol. The quantitative estimate of drug-likeness (QED) is 0.364. The maximum atomic E-state index is 14.7. The number of ether oxygens (including phenoxy) is 1. The molecule has 194 valence electrons. The Hall–Kier alpha value is -3.10. The van der Waals surface area contributed by atoms with Gasteiger partial charge in [0.25, 0.3) is 0 Å². The predicted octanol–water partition coefficient (Wildman–Crippen LogP) is 5.52. The molecule has 3 saturated heterocycles. The zero-order chi connectivity index (χ0) is 25.8. The molecule has 6 rings (SSSR count). The maximum Gasteiger partial charge on any atom is 0.415 e. The molecule has 0 aliphatic carbocycles. The molecule has 0 spiro atoms. The van der Waals surface area contributed by atoms with Crippen LogP contribution in [0.2, 0.25) is 0 Å². The van der Waals surface area contributed by atoms with Gasteiger partial charge in [0.1, 0.15) is 18.2 Å². The molecule has 37 heavy (non-hydrogen) atoms. The highest BCUT2D eigenvalue weighted by atomic mass is 32.2. The maximum absolute atomic E-state index is 14.7. The molecule has 3 aliphatic rings. The number of piperidine rings is 3. The van der Waals surface area contributed by atoms with Crippen LogP contribution < -0.4 is 4.90 Å². The van der Waals surface area contributed by atoms with Crippen LogP contribution >= 0.6 is 0 Å². The number of anilines is 1. The summed E-state index contributed by atoms with van der Waals surface area (Å²) in [5, 5.41) is 0. The first-order chi connectivity index (χ1) is 17.9. The summed E-state index contributed by atoms with van der Waals surface area (Å²) in [7, 11) is -1.08. The Morgan fingerprint density at radius 1 is 0.946 bits per heavy atom. The molecule has 3 heterocycles. The standard InChI is InChI=1S/C29H31F2N2O3S/c30-24-12-10-22(11-13-24)20-32(27-9-5-4-8-26(27)31)29(34)36-28-21-33(16-14-23(28)15-17-33)18-19-37(35)25-6-2-1-3-7-25/h1-13,23,28H,14-21H2/q+1. The molecule has 3 aromatic carbocycles. The number of amides is 1. The number of halogens is 2. The Labute approximate surface area is 218 Å². The summed E-state index contributed by atoms with van der Waals surface area (Å²) >= 11 is 0. The van der Waals surface area contributed by atoms with Crippen LogP contribution in [-0.2, 0) is 22.1 Å². The molecule has 8 heteroatoms. The Kier molecular flexibility index (Phi) is 7.67. The summed E-state index contributed by atoms with van der Waals surface area (Å²) in [6.07, 6.45) is 0.975. The largest absolute Gasteiger partial charge is 0.440 e. The highest BCUT2D eigenvalue weighted by Crippen LogP contribution is 2.36. The molecular formula is C29H31F2N2O3S+. The van der Waals surface area contributed by atoms with E-state index in [-0.39, 0.29) is 30.1 Å². The van der Waals surface area contributed by atoms with Crippen molar-refractivity contribution in [3.63, 3.8) is 0 Å². The van der Waals surface area contributed by atoms with Crippen molar-refractivity contribution >= 4 is 22.6 Å². The van der Waals surface area contributed by atoms with Crippen LogP contribution in [0.5, 0.6) is 0 Å². The summed E-state index contributed by atoms with van der Waals surface area (Å²) in [4.78, 5) is 15.6. The molecule has 2 atom stereocenters. The SMILES string of the molecule is O=C(OC1C[N+]2(CCS(=O)c3ccccc3)CCC1CC2)N(Cc1ccc(F)cc1)c1ccccc1F. The number of fused-ring (bicyclic) bond motifs is 3. The first-order valence-corrected chi connectivity index (χ1v) is 14.0. The lowest BCUT2D eigenvalue weighted by atomic mass is 9.83. The fourth-order valence-electron chi connectivity index (χ4n) is 5.52. The third-order valence-electron chi connectivity index (χ3n) is 7.67. The van der Waals surface area contributed by atoms with E-state index in [0.717, 1.165) is 41.9 Å². The Morgan fingerprint density at radius 2 is 1.62 bits per heavy atom. The third kappa shape index (κ3) is 5.91. The van der Waals surface area contributed by atoms with Crippen molar-refractivity contribution in [2.45, 2.75) is 30.4 Å². The lowest BCUT2D eigenvalue weighted by Crippen LogP contribution is -2.65. The van der Waals surface area contributed by atoms with Crippen LogP contribution in [0, 0.1) is 17.6 Å². The fourth-order valence-corrected chi connectivity index (χ4v) is 6.77. The van der Waals surface area contributed by atoms with Crippen molar-refractivity contribution in [2.75, 3.05) is 36.8 Å². The number of hydrogen-bond donors (Lipinski definition) is 0. The second-order valence-corrected chi connectivity index (χ2v) is 11.6. The van der Waals surface area contributed by atoms with Crippen LogP contribution in [0.25, 0.3) is 0 Å². The zero-order valence-corrected chi connectivity index (χ0v) is 21.4. The topological polar surface area (TPSA) is 46.6 Å². The summed E-state index contributed by atoms with van der Waals surface area (Å²) < 4.78 is 47.8. The van der Waals surface area contributed by atoms with E-state index in [0.29, 0.717) is 17.9 Å². The Bertz CT molecular complexity index is 1250. The zero-order valence-electron chi connectivity index (χ0n) is 20.6.